The number of ether oxygens (including phenoxy) is 1. The summed E-state index contributed by atoms with van der Waals surface area (Å²) >= 11 is 5.68. The van der Waals surface area contributed by atoms with Crippen LogP contribution in [0.2, 0.25) is 5.02 Å². The van der Waals surface area contributed by atoms with Crippen LogP contribution in [0.25, 0.3) is 11.3 Å². The Kier molecular flexibility index (Phi) is 5.52. The molecule has 0 aliphatic heterocycles. The normalized spacial score (nSPS) is 10.5. The Labute approximate surface area is 159 Å². The van der Waals surface area contributed by atoms with E-state index < -0.39 is 11.7 Å². The van der Waals surface area contributed by atoms with Gasteiger partial charge in [0.15, 0.2) is 0 Å². The number of carbonyl (C=O) groups excluding carboxylic acids is 1. The lowest BCUT2D eigenvalue weighted by atomic mass is 10.1. The zero-order chi connectivity index (χ0) is 19.4. The summed E-state index contributed by atoms with van der Waals surface area (Å²) in [5.41, 5.74) is 1.21. The lowest BCUT2D eigenvalue weighted by molar-refractivity contribution is -0.116. The highest BCUT2D eigenvalue weighted by molar-refractivity contribution is 6.31. The third-order valence-corrected chi connectivity index (χ3v) is 4.07. The van der Waals surface area contributed by atoms with Crippen LogP contribution in [0.4, 0.5) is 10.1 Å². The molecule has 1 aromatic heterocycles. The van der Waals surface area contributed by atoms with Crippen LogP contribution in [0, 0.1) is 5.82 Å². The number of anilines is 1. The highest BCUT2D eigenvalue weighted by atomic mass is 35.5. The molecule has 1 heterocycles. The Balaban J connectivity index is 1.72. The van der Waals surface area contributed by atoms with Crippen LogP contribution >= 0.6 is 11.6 Å². The quantitative estimate of drug-likeness (QED) is 0.728. The number of benzene rings is 2. The number of nitrogens with one attached hydrogen (secondary N) is 1. The molecule has 0 spiro atoms. The second kappa shape index (κ2) is 8.01. The van der Waals surface area contributed by atoms with E-state index in [4.69, 9.17) is 16.3 Å². The molecule has 0 atom stereocenters. The van der Waals surface area contributed by atoms with Gasteiger partial charge in [-0.1, -0.05) is 11.6 Å². The minimum atomic E-state index is -0.579. The maximum absolute atomic E-state index is 13.2. The van der Waals surface area contributed by atoms with Gasteiger partial charge in [0.05, 0.1) is 24.2 Å². The minimum absolute atomic E-state index is 0.101. The third kappa shape index (κ3) is 4.51. The van der Waals surface area contributed by atoms with Gasteiger partial charge in [-0.25, -0.2) is 9.37 Å². The van der Waals surface area contributed by atoms with Gasteiger partial charge in [-0.05, 0) is 42.5 Å². The Hall–Kier alpha value is -3.19. The van der Waals surface area contributed by atoms with Crippen LogP contribution in [0.5, 0.6) is 5.75 Å². The number of hydrogen-bond acceptors (Lipinski definition) is 4. The van der Waals surface area contributed by atoms with Crippen molar-refractivity contribution >= 4 is 23.2 Å². The fourth-order valence-electron chi connectivity index (χ4n) is 2.39. The van der Waals surface area contributed by atoms with Crippen LogP contribution in [0.3, 0.4) is 0 Å². The van der Waals surface area contributed by atoms with E-state index in [1.54, 1.807) is 31.4 Å². The zero-order valence-electron chi connectivity index (χ0n) is 14.3. The van der Waals surface area contributed by atoms with E-state index in [9.17, 15) is 14.0 Å². The fraction of sp³-hybridized carbons (Fsp3) is 0.105. The van der Waals surface area contributed by atoms with Crippen molar-refractivity contribution in [3.05, 3.63) is 76.1 Å². The van der Waals surface area contributed by atoms with Crippen LogP contribution < -0.4 is 15.6 Å². The number of hydrogen-bond donors (Lipinski definition) is 1. The fourth-order valence-corrected chi connectivity index (χ4v) is 2.57. The van der Waals surface area contributed by atoms with Gasteiger partial charge in [0.25, 0.3) is 5.56 Å². The van der Waals surface area contributed by atoms with E-state index in [-0.39, 0.29) is 17.1 Å². The molecule has 0 saturated heterocycles. The van der Waals surface area contributed by atoms with E-state index in [1.807, 2.05) is 0 Å². The maximum atomic E-state index is 13.2. The molecule has 0 aliphatic rings. The first-order valence-electron chi connectivity index (χ1n) is 7.92. The number of amides is 1. The highest BCUT2D eigenvalue weighted by Crippen LogP contribution is 2.20. The second-order valence-corrected chi connectivity index (χ2v) is 6.05. The summed E-state index contributed by atoms with van der Waals surface area (Å²) < 4.78 is 19.4. The van der Waals surface area contributed by atoms with Gasteiger partial charge in [0.2, 0.25) is 5.91 Å². The molecule has 1 amide bonds. The van der Waals surface area contributed by atoms with Crippen molar-refractivity contribution in [1.82, 2.24) is 9.55 Å². The number of nitrogens with zero attached hydrogens (tertiary/aromatic N) is 2. The summed E-state index contributed by atoms with van der Waals surface area (Å²) in [5, 5.41) is 2.45. The van der Waals surface area contributed by atoms with Crippen molar-refractivity contribution in [3.63, 3.8) is 0 Å². The van der Waals surface area contributed by atoms with Crippen molar-refractivity contribution in [2.24, 2.45) is 0 Å². The maximum Gasteiger partial charge on any atom is 0.254 e. The molecule has 1 N–H and O–H groups in total. The summed E-state index contributed by atoms with van der Waals surface area (Å²) in [5.74, 6) is -0.340. The van der Waals surface area contributed by atoms with Gasteiger partial charge in [0, 0.05) is 17.3 Å². The Bertz CT molecular complexity index is 1040. The molecule has 2 aromatic carbocycles. The highest BCUT2D eigenvalue weighted by Gasteiger charge is 2.09. The summed E-state index contributed by atoms with van der Waals surface area (Å²) in [6.07, 6.45) is 1.30. The molecule has 0 bridgehead atoms. The largest absolute Gasteiger partial charge is 0.497 e. The van der Waals surface area contributed by atoms with Gasteiger partial charge in [0.1, 0.15) is 18.1 Å². The molecule has 0 saturated carbocycles. The average Bonchev–Trinajstić information content (AvgIpc) is 2.66. The van der Waals surface area contributed by atoms with Gasteiger partial charge < -0.3 is 10.1 Å². The molecule has 0 aliphatic carbocycles. The molecule has 27 heavy (non-hydrogen) atoms. The molecule has 3 aromatic rings. The van der Waals surface area contributed by atoms with E-state index >= 15 is 0 Å². The average molecular weight is 388 g/mol. The van der Waals surface area contributed by atoms with Gasteiger partial charge >= 0.3 is 0 Å². The Morgan fingerprint density at radius 1 is 1.22 bits per heavy atom. The third-order valence-electron chi connectivity index (χ3n) is 3.78. The van der Waals surface area contributed by atoms with E-state index in [0.29, 0.717) is 17.1 Å². The first kappa shape index (κ1) is 18.6. The minimum Gasteiger partial charge on any atom is -0.497 e. The summed E-state index contributed by atoms with van der Waals surface area (Å²) in [6.45, 7) is -0.232. The van der Waals surface area contributed by atoms with E-state index in [1.165, 1.54) is 29.1 Å². The van der Waals surface area contributed by atoms with Crippen LogP contribution in [-0.4, -0.2) is 22.6 Å². The van der Waals surface area contributed by atoms with Gasteiger partial charge in [-0.2, -0.15) is 0 Å². The zero-order valence-corrected chi connectivity index (χ0v) is 15.0. The Morgan fingerprint density at radius 3 is 2.59 bits per heavy atom. The van der Waals surface area contributed by atoms with E-state index in [0.717, 1.165) is 11.6 Å². The number of halogens is 2. The molecule has 6 nitrogen and oxygen atoms in total. The molecule has 8 heteroatoms. The van der Waals surface area contributed by atoms with Gasteiger partial charge in [-0.3, -0.25) is 14.2 Å². The SMILES string of the molecule is COc1ccc(-c2cc(=O)n(CC(=O)Nc3ccc(F)c(Cl)c3)cn2)cc1. The van der Waals surface area contributed by atoms with Crippen LogP contribution in [0.1, 0.15) is 0 Å². The lowest BCUT2D eigenvalue weighted by Gasteiger charge is -2.09. The first-order chi connectivity index (χ1) is 13.0. The molecule has 3 rings (SSSR count). The smallest absolute Gasteiger partial charge is 0.254 e. The molecular formula is C19H15ClFN3O3. The second-order valence-electron chi connectivity index (χ2n) is 5.65. The van der Waals surface area contributed by atoms with Gasteiger partial charge in [-0.15, -0.1) is 0 Å². The van der Waals surface area contributed by atoms with Crippen molar-refractivity contribution in [2.75, 3.05) is 12.4 Å². The van der Waals surface area contributed by atoms with Crippen molar-refractivity contribution in [1.29, 1.82) is 0 Å². The van der Waals surface area contributed by atoms with Crippen molar-refractivity contribution in [3.8, 4) is 17.0 Å². The standard InChI is InChI=1S/C19H15ClFN3O3/c1-27-14-5-2-12(3-6-14)17-9-19(26)24(11-22-17)10-18(25)23-13-4-7-16(21)15(20)8-13/h2-9,11H,10H2,1H3,(H,23,25). The first-order valence-corrected chi connectivity index (χ1v) is 8.30. The summed E-state index contributed by atoms with van der Waals surface area (Å²) in [7, 11) is 1.57. The molecule has 0 unspecified atom stereocenters. The summed E-state index contributed by atoms with van der Waals surface area (Å²) in [6, 6.07) is 12.3. The Morgan fingerprint density at radius 2 is 1.96 bits per heavy atom. The van der Waals surface area contributed by atoms with E-state index in [2.05, 4.69) is 10.3 Å². The number of carbonyl (C=O) groups is 1. The predicted octanol–water partition coefficient (Wildman–Crippen LogP) is 3.35. The molecular weight excluding hydrogens is 373 g/mol. The number of aromatic nitrogens is 2. The monoisotopic (exact) mass is 387 g/mol. The van der Waals surface area contributed by atoms with Crippen LogP contribution in [-0.2, 0) is 11.3 Å². The number of methoxy groups -OCH3 is 1. The molecule has 0 fully saturated rings. The van der Waals surface area contributed by atoms with Crippen LogP contribution in [0.15, 0.2) is 59.7 Å². The molecule has 138 valence electrons. The predicted molar refractivity (Wildman–Crippen MR) is 101 cm³/mol. The number of rotatable bonds is 5. The lowest BCUT2D eigenvalue weighted by Crippen LogP contribution is -2.27. The topological polar surface area (TPSA) is 73.2 Å². The molecule has 0 radical (unpaired) electrons. The van der Waals surface area contributed by atoms with Crippen molar-refractivity contribution in [2.45, 2.75) is 6.54 Å². The summed E-state index contributed by atoms with van der Waals surface area (Å²) in [4.78, 5) is 28.6. The van der Waals surface area contributed by atoms with Crippen molar-refractivity contribution < 1.29 is 13.9 Å².